The van der Waals surface area contributed by atoms with Crippen molar-refractivity contribution in [3.05, 3.63) is 81.1 Å². The van der Waals surface area contributed by atoms with E-state index in [1.165, 1.54) is 4.57 Å². The minimum absolute atomic E-state index is 0.000595. The lowest BCUT2D eigenvalue weighted by molar-refractivity contribution is -0.119. The number of nitrogens with one attached hydrogen (secondary N) is 3. The highest BCUT2D eigenvalue weighted by Gasteiger charge is 2.22. The van der Waals surface area contributed by atoms with E-state index in [4.69, 9.17) is 23.1 Å². The van der Waals surface area contributed by atoms with E-state index in [2.05, 4.69) is 20.6 Å². The van der Waals surface area contributed by atoms with E-state index in [-0.39, 0.29) is 29.6 Å². The zero-order chi connectivity index (χ0) is 30.5. The van der Waals surface area contributed by atoms with Gasteiger partial charge in [0.1, 0.15) is 5.65 Å². The fraction of sp³-hybridized carbons (Fsp3) is 0.406. The number of nitrogens with zero attached hydrogens (tertiary/aromatic N) is 2. The van der Waals surface area contributed by atoms with Crippen LogP contribution in [0.2, 0.25) is 5.02 Å². The van der Waals surface area contributed by atoms with Gasteiger partial charge in [-0.2, -0.15) is 4.98 Å². The van der Waals surface area contributed by atoms with Crippen LogP contribution in [0, 0.1) is 5.82 Å². The van der Waals surface area contributed by atoms with E-state index in [1.54, 1.807) is 24.4 Å². The molecular formula is C32H39ClFN7O2. The Morgan fingerprint density at radius 1 is 1.23 bits per heavy atom. The molecule has 1 fully saturated rings. The van der Waals surface area contributed by atoms with Crippen molar-refractivity contribution in [3.63, 3.8) is 0 Å². The average molecular weight is 608 g/mol. The second-order valence-electron chi connectivity index (χ2n) is 11.5. The first-order chi connectivity index (χ1) is 20.7. The van der Waals surface area contributed by atoms with Crippen molar-refractivity contribution in [2.75, 3.05) is 13.1 Å². The molecule has 9 nitrogen and oxygen atoms in total. The summed E-state index contributed by atoms with van der Waals surface area (Å²) >= 11 is 6.25. The summed E-state index contributed by atoms with van der Waals surface area (Å²) in [5.74, 6) is -0.662. The van der Waals surface area contributed by atoms with Crippen LogP contribution in [0.1, 0.15) is 62.6 Å². The van der Waals surface area contributed by atoms with Crippen LogP contribution >= 0.6 is 11.6 Å². The highest BCUT2D eigenvalue weighted by atomic mass is 35.5. The molecule has 3 atom stereocenters. The maximum Gasteiger partial charge on any atom is 0.354 e. The second-order valence-corrected chi connectivity index (χ2v) is 11.9. The number of halogens is 2. The van der Waals surface area contributed by atoms with Crippen molar-refractivity contribution in [1.82, 2.24) is 25.2 Å². The molecule has 2 aromatic heterocycles. The molecule has 1 aliphatic rings. The summed E-state index contributed by atoms with van der Waals surface area (Å²) in [6.07, 6.45) is 8.19. The number of carbonyl (C=O) groups is 1. The molecule has 1 saturated heterocycles. The van der Waals surface area contributed by atoms with Crippen LogP contribution in [0.25, 0.3) is 28.0 Å². The first-order valence-electron chi connectivity index (χ1n) is 14.9. The smallest absolute Gasteiger partial charge is 0.354 e. The van der Waals surface area contributed by atoms with Gasteiger partial charge in [-0.05, 0) is 86.9 Å². The van der Waals surface area contributed by atoms with Gasteiger partial charge in [0.05, 0.1) is 22.9 Å². The third-order valence-electron chi connectivity index (χ3n) is 8.07. The van der Waals surface area contributed by atoms with Gasteiger partial charge in [-0.3, -0.25) is 9.36 Å². The summed E-state index contributed by atoms with van der Waals surface area (Å²) in [7, 11) is 0. The summed E-state index contributed by atoms with van der Waals surface area (Å²) in [5.41, 5.74) is 14.8. The Bertz CT molecular complexity index is 1630. The Hall–Kier alpha value is -3.57. The summed E-state index contributed by atoms with van der Waals surface area (Å²) in [6, 6.07) is 13.7. The fourth-order valence-electron chi connectivity index (χ4n) is 5.77. The lowest BCUT2D eigenvalue weighted by Gasteiger charge is -2.31. The predicted octanol–water partition coefficient (Wildman–Crippen LogP) is 4.49. The molecule has 4 aromatic rings. The van der Waals surface area contributed by atoms with E-state index in [0.29, 0.717) is 40.6 Å². The number of aryl methyl sites for hydroxylation is 1. The summed E-state index contributed by atoms with van der Waals surface area (Å²) in [5, 5.41) is 7.25. The molecule has 0 spiro atoms. The molecule has 0 radical (unpaired) electrons. The van der Waals surface area contributed by atoms with Gasteiger partial charge in [-0.15, -0.1) is 0 Å². The number of nitrogens with two attached hydrogens (primary N) is 2. The number of aromatic amines is 1. The Morgan fingerprint density at radius 3 is 2.77 bits per heavy atom. The van der Waals surface area contributed by atoms with E-state index in [9.17, 15) is 9.59 Å². The lowest BCUT2D eigenvalue weighted by atomic mass is 9.92. The highest BCUT2D eigenvalue weighted by Crippen LogP contribution is 2.32. The van der Waals surface area contributed by atoms with Crippen LogP contribution in [0.3, 0.4) is 0 Å². The van der Waals surface area contributed by atoms with Crippen molar-refractivity contribution in [2.24, 2.45) is 11.5 Å². The number of carbonyl (C=O) groups excluding carboxylic acids is 1. The molecular weight excluding hydrogens is 569 g/mol. The van der Waals surface area contributed by atoms with Gasteiger partial charge >= 0.3 is 5.69 Å². The molecule has 0 unspecified atom stereocenters. The molecule has 1 amide bonds. The molecule has 5 rings (SSSR count). The predicted molar refractivity (Wildman–Crippen MR) is 169 cm³/mol. The Kier molecular flexibility index (Phi) is 9.92. The maximum absolute atomic E-state index is 15.1. The molecule has 2 aromatic carbocycles. The summed E-state index contributed by atoms with van der Waals surface area (Å²) in [4.78, 5) is 31.8. The van der Waals surface area contributed by atoms with E-state index in [1.807, 2.05) is 31.2 Å². The third-order valence-corrected chi connectivity index (χ3v) is 8.34. The molecule has 228 valence electrons. The largest absolute Gasteiger partial charge is 0.355 e. The van der Waals surface area contributed by atoms with Crippen molar-refractivity contribution in [2.45, 2.75) is 70.0 Å². The molecule has 0 aliphatic carbocycles. The van der Waals surface area contributed by atoms with Crippen LogP contribution in [0.4, 0.5) is 4.39 Å². The minimum Gasteiger partial charge on any atom is -0.355 e. The quantitative estimate of drug-likeness (QED) is 0.170. The SMILES string of the molecule is C[C@H](N)CCCc1cc(Cl)c(F)c(-c2cc3cn(-c4ccc([C@@H]5CCC[C@@H](CCNC(=O)CN)N5)cc4)c(=O)nc3[nH]2)c1. The monoisotopic (exact) mass is 607 g/mol. The minimum atomic E-state index is -0.520. The molecule has 0 bridgehead atoms. The number of piperidine rings is 1. The van der Waals surface area contributed by atoms with Crippen LogP contribution in [0.15, 0.2) is 53.5 Å². The Labute approximate surface area is 255 Å². The molecule has 0 saturated carbocycles. The number of fused-ring (bicyclic) bond motifs is 1. The number of benzene rings is 2. The number of H-pyrrole nitrogens is 1. The van der Waals surface area contributed by atoms with Crippen LogP contribution < -0.4 is 27.8 Å². The van der Waals surface area contributed by atoms with Crippen LogP contribution in [0.5, 0.6) is 0 Å². The first-order valence-corrected chi connectivity index (χ1v) is 15.3. The van der Waals surface area contributed by atoms with Crippen molar-refractivity contribution in [3.8, 4) is 16.9 Å². The second kappa shape index (κ2) is 13.8. The van der Waals surface area contributed by atoms with Gasteiger partial charge in [-0.1, -0.05) is 30.2 Å². The summed E-state index contributed by atoms with van der Waals surface area (Å²) in [6.45, 7) is 2.56. The lowest BCUT2D eigenvalue weighted by Crippen LogP contribution is -2.40. The van der Waals surface area contributed by atoms with E-state index in [0.717, 1.165) is 56.1 Å². The van der Waals surface area contributed by atoms with Gasteiger partial charge in [0, 0.05) is 41.8 Å². The van der Waals surface area contributed by atoms with Gasteiger partial charge in [0.2, 0.25) is 5.91 Å². The molecule has 43 heavy (non-hydrogen) atoms. The molecule has 1 aliphatic heterocycles. The van der Waals surface area contributed by atoms with Gasteiger partial charge in [0.15, 0.2) is 5.82 Å². The maximum atomic E-state index is 15.1. The number of rotatable bonds is 11. The van der Waals surface area contributed by atoms with Crippen LogP contribution in [-0.4, -0.2) is 45.6 Å². The molecule has 7 N–H and O–H groups in total. The van der Waals surface area contributed by atoms with Crippen LogP contribution in [-0.2, 0) is 11.2 Å². The topological polar surface area (TPSA) is 144 Å². The molecule has 11 heteroatoms. The Balaban J connectivity index is 1.33. The Morgan fingerprint density at radius 2 is 2.02 bits per heavy atom. The highest BCUT2D eigenvalue weighted by molar-refractivity contribution is 6.31. The van der Waals surface area contributed by atoms with Crippen molar-refractivity contribution < 1.29 is 9.18 Å². The van der Waals surface area contributed by atoms with Gasteiger partial charge in [0.25, 0.3) is 0 Å². The number of amides is 1. The standard InChI is InChI=1S/C32H39ClFN7O2/c1-19(36)4-2-5-20-14-25(30(34)26(33)15-20)28-16-22-18-41(32(43)40-31(22)39-28)24-10-8-21(9-11-24)27-7-3-6-23(38-27)12-13-37-29(42)17-35/h8-11,14-16,18-19,23,27,38H,2-7,12-13,17,35-36H2,1H3,(H,37,42)(H,39,40,43)/t19-,23-,27-/m0/s1. The summed E-state index contributed by atoms with van der Waals surface area (Å²) < 4.78 is 16.6. The van der Waals surface area contributed by atoms with Gasteiger partial charge in [-0.25, -0.2) is 9.18 Å². The van der Waals surface area contributed by atoms with Crippen molar-refractivity contribution in [1.29, 1.82) is 0 Å². The zero-order valence-electron chi connectivity index (χ0n) is 24.3. The van der Waals surface area contributed by atoms with Gasteiger partial charge < -0.3 is 27.1 Å². The number of hydrogen-bond donors (Lipinski definition) is 5. The van der Waals surface area contributed by atoms with Crippen molar-refractivity contribution >= 4 is 28.5 Å². The third kappa shape index (κ3) is 7.51. The zero-order valence-corrected chi connectivity index (χ0v) is 25.1. The number of aromatic nitrogens is 3. The first kappa shape index (κ1) is 30.9. The average Bonchev–Trinajstić information content (AvgIpc) is 3.41. The fourth-order valence-corrected chi connectivity index (χ4v) is 6.02. The van der Waals surface area contributed by atoms with E-state index < -0.39 is 11.5 Å². The normalized spacial score (nSPS) is 17.7. The van der Waals surface area contributed by atoms with E-state index >= 15 is 4.39 Å². The molecule has 3 heterocycles. The number of hydrogen-bond acceptors (Lipinski definition) is 6.